The normalized spacial score (nSPS) is 14.3. The molecule has 1 saturated heterocycles. The van der Waals surface area contributed by atoms with Gasteiger partial charge in [0, 0.05) is 42.2 Å². The predicted octanol–water partition coefficient (Wildman–Crippen LogP) is 5.46. The van der Waals surface area contributed by atoms with Gasteiger partial charge >= 0.3 is 5.69 Å². The lowest BCUT2D eigenvalue weighted by Gasteiger charge is -2.31. The minimum Gasteiger partial charge on any atom is -0.496 e. The number of rotatable bonds is 13. The summed E-state index contributed by atoms with van der Waals surface area (Å²) in [5.41, 5.74) is -0.00675. The molecule has 1 aromatic heterocycles. The van der Waals surface area contributed by atoms with Crippen LogP contribution >= 0.6 is 11.6 Å². The van der Waals surface area contributed by atoms with E-state index in [1.165, 1.54) is 11.7 Å². The molecule has 5 rings (SSSR count). The maximum Gasteiger partial charge on any atom is 0.332 e. The zero-order chi connectivity index (χ0) is 32.8. The maximum absolute atomic E-state index is 15.3. The second kappa shape index (κ2) is 14.8. The zero-order valence-corrected chi connectivity index (χ0v) is 25.9. The summed E-state index contributed by atoms with van der Waals surface area (Å²) in [4.78, 5) is 40.7. The van der Waals surface area contributed by atoms with Gasteiger partial charge in [-0.1, -0.05) is 23.7 Å². The van der Waals surface area contributed by atoms with Crippen molar-refractivity contribution >= 4 is 28.9 Å². The number of nitrogens with zero attached hydrogens (tertiary/aromatic N) is 3. The van der Waals surface area contributed by atoms with Crippen molar-refractivity contribution in [1.29, 1.82) is 0 Å². The van der Waals surface area contributed by atoms with E-state index in [0.717, 1.165) is 28.7 Å². The summed E-state index contributed by atoms with van der Waals surface area (Å²) < 4.78 is 60.9. The molecule has 9 nitrogen and oxygen atoms in total. The lowest BCUT2D eigenvalue weighted by Crippen LogP contribution is -2.44. The molecule has 3 aromatic carbocycles. The first-order valence-corrected chi connectivity index (χ1v) is 15.1. The molecule has 13 heteroatoms. The van der Waals surface area contributed by atoms with E-state index < -0.39 is 48.3 Å². The van der Waals surface area contributed by atoms with E-state index in [1.54, 1.807) is 47.4 Å². The van der Waals surface area contributed by atoms with Crippen molar-refractivity contribution in [2.45, 2.75) is 44.6 Å². The lowest BCUT2D eigenvalue weighted by atomic mass is 10.0. The van der Waals surface area contributed by atoms with Crippen LogP contribution in [0.2, 0.25) is 5.02 Å². The first-order valence-electron chi connectivity index (χ1n) is 14.8. The van der Waals surface area contributed by atoms with Crippen molar-refractivity contribution in [3.63, 3.8) is 0 Å². The second-order valence-corrected chi connectivity index (χ2v) is 11.4. The Balaban J connectivity index is 1.54. The fourth-order valence-corrected chi connectivity index (χ4v) is 5.69. The number of carbonyl (C=O) groups excluding carboxylic acids is 1. The smallest absolute Gasteiger partial charge is 0.332 e. The molecular weight excluding hydrogens is 627 g/mol. The predicted molar refractivity (Wildman–Crippen MR) is 167 cm³/mol. The molecule has 244 valence electrons. The Morgan fingerprint density at radius 2 is 1.76 bits per heavy atom. The quantitative estimate of drug-likeness (QED) is 0.177. The number of amides is 1. The average Bonchev–Trinajstić information content (AvgIpc) is 3.07. The third kappa shape index (κ3) is 7.17. The van der Waals surface area contributed by atoms with Crippen LogP contribution in [0.3, 0.4) is 0 Å². The number of carbonyl (C=O) groups is 1. The molecule has 0 radical (unpaired) electrons. The van der Waals surface area contributed by atoms with Gasteiger partial charge in [-0.05, 0) is 54.8 Å². The number of likely N-dealkylation sites (tertiary alicyclic amines) is 1. The van der Waals surface area contributed by atoms with Crippen LogP contribution in [0.25, 0.3) is 10.9 Å². The molecule has 0 bridgehead atoms. The van der Waals surface area contributed by atoms with Gasteiger partial charge in [0.1, 0.15) is 30.9 Å². The average molecular weight is 660 g/mol. The third-order valence-electron chi connectivity index (χ3n) is 8.03. The number of aromatic nitrogens is 2. The van der Waals surface area contributed by atoms with Crippen molar-refractivity contribution in [2.75, 3.05) is 33.5 Å². The number of hydrogen-bond acceptors (Lipinski definition) is 6. The molecule has 1 fully saturated rings. The highest BCUT2D eigenvalue weighted by molar-refractivity contribution is 6.30. The molecule has 1 amide bonds. The van der Waals surface area contributed by atoms with Crippen molar-refractivity contribution in [3.05, 3.63) is 97.4 Å². The number of ether oxygens (including phenoxy) is 3. The van der Waals surface area contributed by atoms with E-state index in [-0.39, 0.29) is 30.5 Å². The van der Waals surface area contributed by atoms with Crippen LogP contribution in [0.15, 0.2) is 64.2 Å². The van der Waals surface area contributed by atoms with Gasteiger partial charge in [-0.25, -0.2) is 13.6 Å². The molecular formula is C33H33ClF3N3O6. The number of benzene rings is 3. The molecule has 46 heavy (non-hydrogen) atoms. The summed E-state index contributed by atoms with van der Waals surface area (Å²) in [6.07, 6.45) is 0.00479. The van der Waals surface area contributed by atoms with Crippen LogP contribution in [-0.4, -0.2) is 60.1 Å². The molecule has 0 N–H and O–H groups in total. The molecule has 1 aliphatic rings. The largest absolute Gasteiger partial charge is 0.496 e. The van der Waals surface area contributed by atoms with E-state index in [1.807, 2.05) is 0 Å². The van der Waals surface area contributed by atoms with Gasteiger partial charge in [-0.3, -0.25) is 23.1 Å². The summed E-state index contributed by atoms with van der Waals surface area (Å²) in [6, 6.07) is 13.8. The Bertz CT molecular complexity index is 1810. The van der Waals surface area contributed by atoms with Gasteiger partial charge in [-0.15, -0.1) is 0 Å². The van der Waals surface area contributed by atoms with Crippen molar-refractivity contribution in [2.24, 2.45) is 0 Å². The minimum atomic E-state index is -1.24. The van der Waals surface area contributed by atoms with Gasteiger partial charge in [0.05, 0.1) is 31.2 Å². The molecule has 0 aliphatic carbocycles. The Labute approximate surface area is 267 Å². The third-order valence-corrected chi connectivity index (χ3v) is 8.28. The Morgan fingerprint density at radius 1 is 1.02 bits per heavy atom. The number of hydrogen-bond donors (Lipinski definition) is 0. The number of halogens is 4. The number of methoxy groups -OCH3 is 1. The van der Waals surface area contributed by atoms with Gasteiger partial charge < -0.3 is 19.1 Å². The molecule has 1 unspecified atom stereocenters. The standard InChI is InChI=1S/C33H33ClF3N3O6/c1-44-30-14-21(2-3-22(30)19-45-25-6-4-23(34)5-7-25)18-39-32(42)27-15-31(46-26(17-36)8-11-35)28(37)16-29(27)40(33(39)43)24-9-12-38(20-41)13-10-24/h2-7,14-16,20,24,26H,8-13,17-19H2,1H3. The van der Waals surface area contributed by atoms with Gasteiger partial charge in [-0.2, -0.15) is 0 Å². The highest BCUT2D eigenvalue weighted by Crippen LogP contribution is 2.29. The molecule has 2 heterocycles. The van der Waals surface area contributed by atoms with Crippen LogP contribution in [-0.2, 0) is 17.9 Å². The van der Waals surface area contributed by atoms with Gasteiger partial charge in [0.15, 0.2) is 11.6 Å². The summed E-state index contributed by atoms with van der Waals surface area (Å²) >= 11 is 5.95. The van der Waals surface area contributed by atoms with Gasteiger partial charge in [0.25, 0.3) is 5.56 Å². The number of fused-ring (bicyclic) bond motifs is 1. The SMILES string of the molecule is COc1cc(Cn2c(=O)c3cc(OC(CF)CCF)c(F)cc3n(C3CCN(C=O)CC3)c2=O)ccc1COc1ccc(Cl)cc1. The summed E-state index contributed by atoms with van der Waals surface area (Å²) in [7, 11) is 1.50. The Kier molecular flexibility index (Phi) is 10.6. The fourth-order valence-electron chi connectivity index (χ4n) is 5.56. The van der Waals surface area contributed by atoms with Crippen molar-refractivity contribution in [1.82, 2.24) is 14.0 Å². The Morgan fingerprint density at radius 3 is 2.41 bits per heavy atom. The first kappa shape index (κ1) is 32.9. The van der Waals surface area contributed by atoms with Crippen LogP contribution in [0.1, 0.15) is 36.4 Å². The first-order chi connectivity index (χ1) is 22.3. The van der Waals surface area contributed by atoms with Crippen LogP contribution in [0.4, 0.5) is 13.2 Å². The maximum atomic E-state index is 15.3. The molecule has 4 aromatic rings. The van der Waals surface area contributed by atoms with E-state index in [0.29, 0.717) is 48.0 Å². The van der Waals surface area contributed by atoms with E-state index in [9.17, 15) is 23.2 Å². The van der Waals surface area contributed by atoms with Gasteiger partial charge in [0.2, 0.25) is 6.41 Å². The van der Waals surface area contributed by atoms with Crippen LogP contribution in [0.5, 0.6) is 17.2 Å². The van der Waals surface area contributed by atoms with E-state index in [4.69, 9.17) is 25.8 Å². The Hall–Kier alpha value is -4.45. The zero-order valence-electron chi connectivity index (χ0n) is 25.1. The molecule has 0 saturated carbocycles. The van der Waals surface area contributed by atoms with Crippen LogP contribution < -0.4 is 25.5 Å². The fraction of sp³-hybridized carbons (Fsp3) is 0.364. The summed E-state index contributed by atoms with van der Waals surface area (Å²) in [5.74, 6) is -0.244. The number of alkyl halides is 2. The highest BCUT2D eigenvalue weighted by atomic mass is 35.5. The summed E-state index contributed by atoms with van der Waals surface area (Å²) in [6.45, 7) is -1.12. The monoisotopic (exact) mass is 659 g/mol. The van der Waals surface area contributed by atoms with Crippen molar-refractivity contribution < 1.29 is 32.2 Å². The molecule has 1 aliphatic heterocycles. The minimum absolute atomic E-state index is 0.0216. The summed E-state index contributed by atoms with van der Waals surface area (Å²) in [5, 5.41) is 0.560. The van der Waals surface area contributed by atoms with Crippen molar-refractivity contribution in [3.8, 4) is 17.2 Å². The molecule has 0 spiro atoms. The van der Waals surface area contributed by atoms with E-state index in [2.05, 4.69) is 0 Å². The lowest BCUT2D eigenvalue weighted by molar-refractivity contribution is -0.119. The topological polar surface area (TPSA) is 92.0 Å². The highest BCUT2D eigenvalue weighted by Gasteiger charge is 2.26. The second-order valence-electron chi connectivity index (χ2n) is 11.0. The number of piperidine rings is 1. The molecule has 1 atom stereocenters. The van der Waals surface area contributed by atoms with Crippen LogP contribution in [0, 0.1) is 5.82 Å². The van der Waals surface area contributed by atoms with E-state index >= 15 is 4.39 Å².